The zero-order chi connectivity index (χ0) is 22.8. The second kappa shape index (κ2) is 9.01. The predicted molar refractivity (Wildman–Crippen MR) is 115 cm³/mol. The van der Waals surface area contributed by atoms with Crippen LogP contribution in [-0.2, 0) is 19.0 Å². The lowest BCUT2D eigenvalue weighted by Crippen LogP contribution is -2.53. The molecule has 2 fully saturated rings. The molecule has 8 nitrogen and oxygen atoms in total. The smallest absolute Gasteiger partial charge is 0.253 e. The first-order chi connectivity index (χ1) is 16.0. The first-order valence-electron chi connectivity index (χ1n) is 10.8. The lowest BCUT2D eigenvalue weighted by Gasteiger charge is -2.39. The number of hydrogen-bond acceptors (Lipinski definition) is 7. The third kappa shape index (κ3) is 4.39. The lowest BCUT2D eigenvalue weighted by molar-refractivity contribution is -0.239. The Morgan fingerprint density at radius 1 is 1.03 bits per heavy atom. The molecule has 2 aliphatic rings. The standard InChI is InChI=1S/C24H24FN3O5/c1-24(23(29)28-10-12-30-13-11-28)14-31-22(32-15-24)21-27-19(16-6-8-26-9-7-16)20(33-21)17-2-4-18(25)5-3-17/h2-9,22H,10-15H2,1H3. The van der Waals surface area contributed by atoms with Crippen LogP contribution in [0.25, 0.3) is 22.6 Å². The summed E-state index contributed by atoms with van der Waals surface area (Å²) in [4.78, 5) is 23.5. The van der Waals surface area contributed by atoms with Gasteiger partial charge in [0, 0.05) is 36.6 Å². The fraction of sp³-hybridized carbons (Fsp3) is 0.375. The van der Waals surface area contributed by atoms with Crippen LogP contribution in [0.15, 0.2) is 53.2 Å². The Labute approximate surface area is 190 Å². The third-order valence-electron chi connectivity index (χ3n) is 5.83. The molecule has 5 rings (SSSR count). The van der Waals surface area contributed by atoms with Crippen LogP contribution in [0.2, 0.25) is 0 Å². The van der Waals surface area contributed by atoms with Crippen LogP contribution in [0.3, 0.4) is 0 Å². The maximum Gasteiger partial charge on any atom is 0.253 e. The van der Waals surface area contributed by atoms with Gasteiger partial charge in [-0.1, -0.05) is 0 Å². The fourth-order valence-electron chi connectivity index (χ4n) is 3.96. The Bertz CT molecular complexity index is 1100. The molecule has 172 valence electrons. The van der Waals surface area contributed by atoms with Gasteiger partial charge in [-0.3, -0.25) is 9.78 Å². The second-order valence-electron chi connectivity index (χ2n) is 8.39. The van der Waals surface area contributed by atoms with E-state index in [1.54, 1.807) is 29.4 Å². The number of carbonyl (C=O) groups is 1. The molecular formula is C24H24FN3O5. The second-order valence-corrected chi connectivity index (χ2v) is 8.39. The minimum absolute atomic E-state index is 0.0128. The Kier molecular flexibility index (Phi) is 5.92. The molecule has 9 heteroatoms. The molecule has 0 atom stereocenters. The molecule has 4 heterocycles. The number of aromatic nitrogens is 2. The Morgan fingerprint density at radius 2 is 1.70 bits per heavy atom. The molecule has 0 bridgehead atoms. The number of morpholine rings is 1. The largest absolute Gasteiger partial charge is 0.435 e. The highest BCUT2D eigenvalue weighted by Crippen LogP contribution is 2.38. The molecule has 2 saturated heterocycles. The molecule has 0 radical (unpaired) electrons. The van der Waals surface area contributed by atoms with E-state index in [4.69, 9.17) is 18.6 Å². The minimum atomic E-state index is -0.856. The van der Waals surface area contributed by atoms with E-state index in [1.807, 2.05) is 19.1 Å². The summed E-state index contributed by atoms with van der Waals surface area (Å²) in [5.74, 6) is 0.358. The van der Waals surface area contributed by atoms with Crippen LogP contribution in [0.4, 0.5) is 4.39 Å². The van der Waals surface area contributed by atoms with Crippen molar-refractivity contribution in [1.82, 2.24) is 14.9 Å². The molecule has 0 saturated carbocycles. The van der Waals surface area contributed by atoms with Gasteiger partial charge in [0.2, 0.25) is 12.2 Å². The minimum Gasteiger partial charge on any atom is -0.435 e. The number of ether oxygens (including phenoxy) is 3. The Morgan fingerprint density at radius 3 is 2.36 bits per heavy atom. The monoisotopic (exact) mass is 453 g/mol. The van der Waals surface area contributed by atoms with Crippen molar-refractivity contribution in [1.29, 1.82) is 0 Å². The van der Waals surface area contributed by atoms with Crippen molar-refractivity contribution in [3.8, 4) is 22.6 Å². The Hall–Kier alpha value is -3.14. The van der Waals surface area contributed by atoms with E-state index in [0.717, 1.165) is 5.56 Å². The maximum atomic E-state index is 13.5. The van der Waals surface area contributed by atoms with Gasteiger partial charge in [0.05, 0.1) is 31.8 Å². The van der Waals surface area contributed by atoms with Crippen LogP contribution in [0, 0.1) is 11.2 Å². The van der Waals surface area contributed by atoms with Crippen LogP contribution < -0.4 is 0 Å². The maximum absolute atomic E-state index is 13.5. The van der Waals surface area contributed by atoms with Gasteiger partial charge >= 0.3 is 0 Å². The van der Waals surface area contributed by atoms with E-state index in [0.29, 0.717) is 43.3 Å². The topological polar surface area (TPSA) is 86.9 Å². The van der Waals surface area contributed by atoms with Crippen molar-refractivity contribution >= 4 is 5.91 Å². The number of hydrogen-bond donors (Lipinski definition) is 0. The highest BCUT2D eigenvalue weighted by atomic mass is 19.1. The van der Waals surface area contributed by atoms with E-state index in [9.17, 15) is 9.18 Å². The molecular weight excluding hydrogens is 429 g/mol. The van der Waals surface area contributed by atoms with Crippen molar-refractivity contribution in [3.05, 3.63) is 60.5 Å². The van der Waals surface area contributed by atoms with E-state index in [-0.39, 0.29) is 30.8 Å². The van der Waals surface area contributed by atoms with Gasteiger partial charge in [-0.2, -0.15) is 0 Å². The number of rotatable bonds is 4. The Balaban J connectivity index is 1.39. The van der Waals surface area contributed by atoms with Gasteiger partial charge < -0.3 is 23.5 Å². The quantitative estimate of drug-likeness (QED) is 0.598. The van der Waals surface area contributed by atoms with Crippen molar-refractivity contribution < 1.29 is 27.8 Å². The molecule has 0 spiro atoms. The first-order valence-corrected chi connectivity index (χ1v) is 10.8. The van der Waals surface area contributed by atoms with E-state index in [1.165, 1.54) is 12.1 Å². The van der Waals surface area contributed by atoms with Crippen molar-refractivity contribution in [2.45, 2.75) is 13.2 Å². The molecule has 1 aromatic carbocycles. The summed E-state index contributed by atoms with van der Waals surface area (Å²) < 4.78 is 36.7. The fourth-order valence-corrected chi connectivity index (χ4v) is 3.96. The van der Waals surface area contributed by atoms with Crippen molar-refractivity contribution in [2.24, 2.45) is 5.41 Å². The number of oxazole rings is 1. The van der Waals surface area contributed by atoms with E-state index in [2.05, 4.69) is 9.97 Å². The number of carbonyl (C=O) groups excluding carboxylic acids is 1. The molecule has 0 N–H and O–H groups in total. The zero-order valence-corrected chi connectivity index (χ0v) is 18.2. The first kappa shape index (κ1) is 21.7. The summed E-state index contributed by atoms with van der Waals surface area (Å²) in [6.07, 6.45) is 2.47. The van der Waals surface area contributed by atoms with E-state index >= 15 is 0 Å². The molecule has 33 heavy (non-hydrogen) atoms. The molecule has 0 unspecified atom stereocenters. The normalized spacial score (nSPS) is 23.5. The van der Waals surface area contributed by atoms with Crippen LogP contribution in [0.1, 0.15) is 19.1 Å². The highest BCUT2D eigenvalue weighted by molar-refractivity contribution is 5.83. The summed E-state index contributed by atoms with van der Waals surface area (Å²) in [6.45, 7) is 4.38. The number of pyridine rings is 1. The van der Waals surface area contributed by atoms with E-state index < -0.39 is 11.7 Å². The van der Waals surface area contributed by atoms with Crippen LogP contribution in [-0.4, -0.2) is 60.3 Å². The third-order valence-corrected chi connectivity index (χ3v) is 5.83. The molecule has 1 amide bonds. The predicted octanol–water partition coefficient (Wildman–Crippen LogP) is 3.45. The summed E-state index contributed by atoms with van der Waals surface area (Å²) in [6, 6.07) is 9.62. The number of nitrogens with zero attached hydrogens (tertiary/aromatic N) is 3. The number of halogens is 1. The molecule has 2 aliphatic heterocycles. The van der Waals surface area contributed by atoms with Crippen molar-refractivity contribution in [2.75, 3.05) is 39.5 Å². The number of benzene rings is 1. The summed E-state index contributed by atoms with van der Waals surface area (Å²) in [5.41, 5.74) is 1.24. The zero-order valence-electron chi connectivity index (χ0n) is 18.2. The molecule has 3 aromatic rings. The SMILES string of the molecule is CC1(C(=O)N2CCOCC2)COC(c2nc(-c3ccncc3)c(-c3ccc(F)cc3)o2)OC1. The van der Waals surface area contributed by atoms with Crippen molar-refractivity contribution in [3.63, 3.8) is 0 Å². The van der Waals surface area contributed by atoms with Crippen LogP contribution >= 0.6 is 0 Å². The van der Waals surface area contributed by atoms with Crippen LogP contribution in [0.5, 0.6) is 0 Å². The summed E-state index contributed by atoms with van der Waals surface area (Å²) >= 11 is 0. The summed E-state index contributed by atoms with van der Waals surface area (Å²) in [7, 11) is 0. The van der Waals surface area contributed by atoms with Gasteiger partial charge in [0.25, 0.3) is 5.89 Å². The number of amides is 1. The summed E-state index contributed by atoms with van der Waals surface area (Å²) in [5, 5.41) is 0. The van der Waals surface area contributed by atoms with Gasteiger partial charge in [-0.05, 0) is 43.3 Å². The average molecular weight is 453 g/mol. The average Bonchev–Trinajstić information content (AvgIpc) is 3.31. The lowest BCUT2D eigenvalue weighted by atomic mass is 9.90. The van der Waals surface area contributed by atoms with Gasteiger partial charge in [-0.15, -0.1) is 0 Å². The van der Waals surface area contributed by atoms with Gasteiger partial charge in [0.15, 0.2) is 5.76 Å². The molecule has 2 aromatic heterocycles. The highest BCUT2D eigenvalue weighted by Gasteiger charge is 2.43. The van der Waals surface area contributed by atoms with Gasteiger partial charge in [0.1, 0.15) is 11.5 Å². The molecule has 0 aliphatic carbocycles. The van der Waals surface area contributed by atoms with Gasteiger partial charge in [-0.25, -0.2) is 9.37 Å².